The summed E-state index contributed by atoms with van der Waals surface area (Å²) in [4.78, 5) is 31.9. The Hall–Kier alpha value is -2.44. The van der Waals surface area contributed by atoms with Crippen molar-refractivity contribution >= 4 is 17.5 Å². The fourth-order valence-corrected chi connectivity index (χ4v) is 1.46. The molecule has 0 fully saturated rings. The minimum Gasteiger partial charge on any atom is -0.368 e. The van der Waals surface area contributed by atoms with Gasteiger partial charge >= 0.3 is 0 Å². The molecule has 0 saturated heterocycles. The highest BCUT2D eigenvalue weighted by Crippen LogP contribution is 2.13. The van der Waals surface area contributed by atoms with Crippen molar-refractivity contribution in [1.82, 2.24) is 5.32 Å². The number of nitrogens with zero attached hydrogens (tertiary/aromatic N) is 1. The highest BCUT2D eigenvalue weighted by atomic mass is 16.6. The van der Waals surface area contributed by atoms with E-state index in [1.807, 2.05) is 0 Å². The van der Waals surface area contributed by atoms with Crippen molar-refractivity contribution in [1.29, 1.82) is 0 Å². The molecule has 1 atom stereocenters. The van der Waals surface area contributed by atoms with Crippen LogP contribution in [0.1, 0.15) is 12.5 Å². The van der Waals surface area contributed by atoms with Gasteiger partial charge in [-0.1, -0.05) is 12.1 Å². The fourth-order valence-electron chi connectivity index (χ4n) is 1.46. The van der Waals surface area contributed by atoms with Gasteiger partial charge in [0.25, 0.3) is 5.69 Å². The molecule has 18 heavy (non-hydrogen) atoms. The number of nitrogens with two attached hydrogens (primary N) is 1. The van der Waals surface area contributed by atoms with Gasteiger partial charge in [0.2, 0.25) is 11.8 Å². The van der Waals surface area contributed by atoms with Gasteiger partial charge in [-0.05, 0) is 5.56 Å². The van der Waals surface area contributed by atoms with Crippen molar-refractivity contribution in [2.75, 3.05) is 0 Å². The van der Waals surface area contributed by atoms with Gasteiger partial charge in [0.05, 0.1) is 4.92 Å². The minimum atomic E-state index is -0.816. The van der Waals surface area contributed by atoms with Crippen molar-refractivity contribution in [3.8, 4) is 0 Å². The van der Waals surface area contributed by atoms with E-state index in [1.165, 1.54) is 31.2 Å². The average Bonchev–Trinajstić information content (AvgIpc) is 2.28. The Labute approximate surface area is 103 Å². The van der Waals surface area contributed by atoms with Gasteiger partial charge in [-0.25, -0.2) is 0 Å². The highest BCUT2D eigenvalue weighted by Gasteiger charge is 2.17. The Morgan fingerprint density at radius 1 is 1.39 bits per heavy atom. The lowest BCUT2D eigenvalue weighted by Gasteiger charge is -2.13. The lowest BCUT2D eigenvalue weighted by Crippen LogP contribution is -2.44. The zero-order valence-electron chi connectivity index (χ0n) is 9.75. The molecule has 7 heteroatoms. The van der Waals surface area contributed by atoms with Gasteiger partial charge in [0.1, 0.15) is 6.04 Å². The number of non-ortho nitro benzene ring substituents is 1. The van der Waals surface area contributed by atoms with E-state index >= 15 is 0 Å². The van der Waals surface area contributed by atoms with Crippen LogP contribution in [0.5, 0.6) is 0 Å². The Balaban J connectivity index is 2.78. The third kappa shape index (κ3) is 3.85. The summed E-state index contributed by atoms with van der Waals surface area (Å²) >= 11 is 0. The molecule has 0 spiro atoms. The number of nitro benzene ring substituents is 1. The van der Waals surface area contributed by atoms with Crippen LogP contribution in [-0.2, 0) is 16.0 Å². The van der Waals surface area contributed by atoms with Crippen LogP contribution in [0.25, 0.3) is 0 Å². The summed E-state index contributed by atoms with van der Waals surface area (Å²) in [6, 6.07) is 4.90. The topological polar surface area (TPSA) is 115 Å². The minimum absolute atomic E-state index is 0.0334. The number of nitrogens with one attached hydrogen (secondary N) is 1. The lowest BCUT2D eigenvalue weighted by atomic mass is 10.1. The average molecular weight is 251 g/mol. The number of hydrogen-bond donors (Lipinski definition) is 2. The van der Waals surface area contributed by atoms with Crippen molar-refractivity contribution < 1.29 is 14.5 Å². The van der Waals surface area contributed by atoms with Crippen LogP contribution in [0.2, 0.25) is 0 Å². The summed E-state index contributed by atoms with van der Waals surface area (Å²) in [5, 5.41) is 12.9. The second-order valence-electron chi connectivity index (χ2n) is 3.78. The van der Waals surface area contributed by atoms with Crippen LogP contribution in [-0.4, -0.2) is 22.8 Å². The Morgan fingerprint density at radius 2 is 1.94 bits per heavy atom. The fraction of sp³-hybridized carbons (Fsp3) is 0.273. The van der Waals surface area contributed by atoms with Crippen molar-refractivity contribution in [2.45, 2.75) is 19.4 Å². The molecule has 0 heterocycles. The summed E-state index contributed by atoms with van der Waals surface area (Å²) < 4.78 is 0. The number of nitro groups is 1. The molecule has 0 radical (unpaired) electrons. The maximum Gasteiger partial charge on any atom is 0.269 e. The molecule has 0 aliphatic heterocycles. The largest absolute Gasteiger partial charge is 0.368 e. The van der Waals surface area contributed by atoms with E-state index in [1.54, 1.807) is 0 Å². The Bertz CT molecular complexity index is 470. The van der Waals surface area contributed by atoms with E-state index < -0.39 is 16.9 Å². The molecule has 0 aliphatic carbocycles. The Morgan fingerprint density at radius 3 is 2.33 bits per heavy atom. The maximum atomic E-state index is 11.1. The summed E-state index contributed by atoms with van der Waals surface area (Å²) in [6.07, 6.45) is 0.201. The number of primary amides is 1. The molecular formula is C11H13N3O4. The van der Waals surface area contributed by atoms with Gasteiger partial charge in [-0.3, -0.25) is 19.7 Å². The zero-order chi connectivity index (χ0) is 13.7. The number of amides is 2. The quantitative estimate of drug-likeness (QED) is 0.571. The van der Waals surface area contributed by atoms with Gasteiger partial charge in [0.15, 0.2) is 0 Å². The Kier molecular flexibility index (Phi) is 4.36. The third-order valence-corrected chi connectivity index (χ3v) is 2.31. The second-order valence-corrected chi connectivity index (χ2v) is 3.78. The smallest absolute Gasteiger partial charge is 0.269 e. The molecule has 1 aromatic carbocycles. The first-order chi connectivity index (χ1) is 8.40. The van der Waals surface area contributed by atoms with Crippen LogP contribution in [0.4, 0.5) is 5.69 Å². The van der Waals surface area contributed by atoms with Crippen LogP contribution in [0.15, 0.2) is 24.3 Å². The van der Waals surface area contributed by atoms with E-state index in [2.05, 4.69) is 5.32 Å². The molecule has 0 unspecified atom stereocenters. The summed E-state index contributed by atoms with van der Waals surface area (Å²) in [6.45, 7) is 1.28. The monoisotopic (exact) mass is 251 g/mol. The van der Waals surface area contributed by atoms with Gasteiger partial charge < -0.3 is 11.1 Å². The maximum absolute atomic E-state index is 11.1. The second kappa shape index (κ2) is 5.76. The van der Waals surface area contributed by atoms with Crippen LogP contribution in [0, 0.1) is 10.1 Å². The molecule has 2 amide bonds. The van der Waals surface area contributed by atoms with E-state index in [0.717, 1.165) is 0 Å². The van der Waals surface area contributed by atoms with Crippen molar-refractivity contribution in [2.24, 2.45) is 5.73 Å². The third-order valence-electron chi connectivity index (χ3n) is 2.31. The SMILES string of the molecule is CC(=O)N[C@@H](Cc1ccc([N+](=O)[O-])cc1)C(N)=O. The molecule has 0 aromatic heterocycles. The molecule has 7 nitrogen and oxygen atoms in total. The lowest BCUT2D eigenvalue weighted by molar-refractivity contribution is -0.384. The molecule has 1 rings (SSSR count). The number of carbonyl (C=O) groups excluding carboxylic acids is 2. The number of carbonyl (C=O) groups is 2. The predicted molar refractivity (Wildman–Crippen MR) is 63.6 cm³/mol. The van der Waals surface area contributed by atoms with Gasteiger partial charge in [-0.2, -0.15) is 0 Å². The van der Waals surface area contributed by atoms with E-state index in [0.29, 0.717) is 5.56 Å². The molecule has 0 aliphatic rings. The summed E-state index contributed by atoms with van der Waals surface area (Å²) in [5.41, 5.74) is 5.79. The van der Waals surface area contributed by atoms with Gasteiger partial charge in [-0.15, -0.1) is 0 Å². The van der Waals surface area contributed by atoms with E-state index in [9.17, 15) is 19.7 Å². The van der Waals surface area contributed by atoms with Crippen LogP contribution >= 0.6 is 0 Å². The molecular weight excluding hydrogens is 238 g/mol. The molecule has 96 valence electrons. The van der Waals surface area contributed by atoms with E-state index in [4.69, 9.17) is 5.73 Å². The number of hydrogen-bond acceptors (Lipinski definition) is 4. The first-order valence-electron chi connectivity index (χ1n) is 5.20. The molecule has 3 N–H and O–H groups in total. The first-order valence-corrected chi connectivity index (χ1v) is 5.20. The van der Waals surface area contributed by atoms with Crippen molar-refractivity contribution in [3.63, 3.8) is 0 Å². The number of benzene rings is 1. The molecule has 0 bridgehead atoms. The van der Waals surface area contributed by atoms with Crippen LogP contribution in [0.3, 0.4) is 0 Å². The first kappa shape index (κ1) is 13.6. The standard InChI is InChI=1S/C11H13N3O4/c1-7(15)13-10(11(12)16)6-8-2-4-9(5-3-8)14(17)18/h2-5,10H,6H2,1H3,(H2,12,16)(H,13,15)/t10-/m0/s1. The highest BCUT2D eigenvalue weighted by molar-refractivity contribution is 5.85. The van der Waals surface area contributed by atoms with Crippen LogP contribution < -0.4 is 11.1 Å². The normalized spacial score (nSPS) is 11.6. The van der Waals surface area contributed by atoms with Gasteiger partial charge in [0, 0.05) is 25.5 Å². The van der Waals surface area contributed by atoms with Crippen molar-refractivity contribution in [3.05, 3.63) is 39.9 Å². The zero-order valence-corrected chi connectivity index (χ0v) is 9.75. The predicted octanol–water partition coefficient (Wildman–Crippen LogP) is 0.127. The molecule has 0 saturated carbocycles. The molecule has 1 aromatic rings. The summed E-state index contributed by atoms with van der Waals surface area (Å²) in [5.74, 6) is -1.01. The summed E-state index contributed by atoms with van der Waals surface area (Å²) in [7, 11) is 0. The number of rotatable bonds is 5. The van der Waals surface area contributed by atoms with E-state index in [-0.39, 0.29) is 18.0 Å².